The van der Waals surface area contributed by atoms with Crippen LogP contribution in [-0.2, 0) is 11.3 Å². The largest absolute Gasteiger partial charge is 0.467 e. The molecule has 1 aromatic heterocycles. The SMILES string of the molecule is CCOC(=O)c1ccoc1CN(CC)CCCO. The first-order valence-corrected chi connectivity index (χ1v) is 6.29. The molecule has 0 radical (unpaired) electrons. The standard InChI is InChI=1S/C13H21NO4/c1-3-14(7-5-8-15)10-12-11(6-9-18-12)13(16)17-4-2/h6,9,15H,3-5,7-8,10H2,1-2H3. The van der Waals surface area contributed by atoms with E-state index >= 15 is 0 Å². The molecule has 5 heteroatoms. The molecular formula is C13H21NO4. The van der Waals surface area contributed by atoms with E-state index in [2.05, 4.69) is 4.90 Å². The summed E-state index contributed by atoms with van der Waals surface area (Å²) < 4.78 is 10.3. The van der Waals surface area contributed by atoms with E-state index in [0.717, 1.165) is 13.1 Å². The average molecular weight is 255 g/mol. The van der Waals surface area contributed by atoms with Crippen LogP contribution in [0.2, 0.25) is 0 Å². The van der Waals surface area contributed by atoms with E-state index in [9.17, 15) is 4.79 Å². The molecule has 102 valence electrons. The van der Waals surface area contributed by atoms with Crippen LogP contribution >= 0.6 is 0 Å². The Morgan fingerprint density at radius 2 is 2.28 bits per heavy atom. The van der Waals surface area contributed by atoms with Crippen molar-refractivity contribution >= 4 is 5.97 Å². The fourth-order valence-electron chi connectivity index (χ4n) is 1.70. The van der Waals surface area contributed by atoms with Crippen molar-refractivity contribution in [2.24, 2.45) is 0 Å². The third-order valence-corrected chi connectivity index (χ3v) is 2.69. The van der Waals surface area contributed by atoms with Crippen LogP contribution in [0.25, 0.3) is 0 Å². The highest BCUT2D eigenvalue weighted by atomic mass is 16.5. The van der Waals surface area contributed by atoms with Crippen LogP contribution < -0.4 is 0 Å². The van der Waals surface area contributed by atoms with Crippen LogP contribution in [-0.4, -0.2) is 42.3 Å². The maximum absolute atomic E-state index is 11.7. The van der Waals surface area contributed by atoms with Crippen molar-refractivity contribution in [2.45, 2.75) is 26.8 Å². The zero-order valence-corrected chi connectivity index (χ0v) is 11.0. The number of furan rings is 1. The van der Waals surface area contributed by atoms with Crippen molar-refractivity contribution in [3.63, 3.8) is 0 Å². The molecule has 0 unspecified atom stereocenters. The highest BCUT2D eigenvalue weighted by Gasteiger charge is 2.17. The van der Waals surface area contributed by atoms with E-state index < -0.39 is 0 Å². The molecular weight excluding hydrogens is 234 g/mol. The first-order valence-electron chi connectivity index (χ1n) is 6.29. The average Bonchev–Trinajstić information content (AvgIpc) is 2.82. The number of aliphatic hydroxyl groups excluding tert-OH is 1. The minimum absolute atomic E-state index is 0.166. The van der Waals surface area contributed by atoms with Crippen molar-refractivity contribution in [3.05, 3.63) is 23.7 Å². The lowest BCUT2D eigenvalue weighted by molar-refractivity contribution is 0.0522. The Bertz CT molecular complexity index is 362. The molecule has 0 fully saturated rings. The zero-order chi connectivity index (χ0) is 13.4. The normalized spacial score (nSPS) is 10.9. The summed E-state index contributed by atoms with van der Waals surface area (Å²) in [6.07, 6.45) is 2.21. The molecule has 1 heterocycles. The fourth-order valence-corrected chi connectivity index (χ4v) is 1.70. The summed E-state index contributed by atoms with van der Waals surface area (Å²) in [5.74, 6) is 0.271. The van der Waals surface area contributed by atoms with Crippen molar-refractivity contribution in [2.75, 3.05) is 26.3 Å². The molecule has 0 atom stereocenters. The van der Waals surface area contributed by atoms with Crippen molar-refractivity contribution in [3.8, 4) is 0 Å². The van der Waals surface area contributed by atoms with E-state index in [1.165, 1.54) is 6.26 Å². The predicted octanol–water partition coefficient (Wildman–Crippen LogP) is 1.66. The molecule has 0 amide bonds. The molecule has 0 saturated heterocycles. The lowest BCUT2D eigenvalue weighted by Gasteiger charge is -2.18. The summed E-state index contributed by atoms with van der Waals surface area (Å²) in [7, 11) is 0. The van der Waals surface area contributed by atoms with Crippen molar-refractivity contribution < 1.29 is 19.1 Å². The topological polar surface area (TPSA) is 62.9 Å². The van der Waals surface area contributed by atoms with Crippen molar-refractivity contribution in [1.82, 2.24) is 4.90 Å². The number of carbonyl (C=O) groups is 1. The zero-order valence-electron chi connectivity index (χ0n) is 11.0. The predicted molar refractivity (Wildman–Crippen MR) is 67.3 cm³/mol. The third kappa shape index (κ3) is 4.16. The smallest absolute Gasteiger partial charge is 0.341 e. The van der Waals surface area contributed by atoms with Crippen LogP contribution in [0.3, 0.4) is 0 Å². The molecule has 0 saturated carbocycles. The van der Waals surface area contributed by atoms with Gasteiger partial charge in [-0.2, -0.15) is 0 Å². The van der Waals surface area contributed by atoms with Crippen LogP contribution in [0.1, 0.15) is 36.4 Å². The van der Waals surface area contributed by atoms with E-state index in [1.54, 1.807) is 13.0 Å². The first kappa shape index (κ1) is 14.7. The van der Waals surface area contributed by atoms with Gasteiger partial charge in [0.05, 0.1) is 19.4 Å². The van der Waals surface area contributed by atoms with E-state index in [1.807, 2.05) is 6.92 Å². The summed E-state index contributed by atoms with van der Waals surface area (Å²) >= 11 is 0. The van der Waals surface area contributed by atoms with Gasteiger partial charge in [0.2, 0.25) is 0 Å². The second-order valence-electron chi connectivity index (χ2n) is 3.92. The van der Waals surface area contributed by atoms with Crippen LogP contribution in [0.5, 0.6) is 0 Å². The van der Waals surface area contributed by atoms with Crippen LogP contribution in [0.4, 0.5) is 0 Å². The summed E-state index contributed by atoms with van der Waals surface area (Å²) in [6, 6.07) is 1.63. The second kappa shape index (κ2) is 7.89. The molecule has 0 aromatic carbocycles. The van der Waals surface area contributed by atoms with Gasteiger partial charge < -0.3 is 14.3 Å². The molecule has 0 aliphatic rings. The number of aliphatic hydroxyl groups is 1. The van der Waals surface area contributed by atoms with Gasteiger partial charge >= 0.3 is 5.97 Å². The summed E-state index contributed by atoms with van der Waals surface area (Å²) in [4.78, 5) is 13.8. The Hall–Kier alpha value is -1.33. The lowest BCUT2D eigenvalue weighted by Crippen LogP contribution is -2.25. The Balaban J connectivity index is 2.65. The quantitative estimate of drug-likeness (QED) is 0.716. The van der Waals surface area contributed by atoms with Crippen LogP contribution in [0.15, 0.2) is 16.7 Å². The van der Waals surface area contributed by atoms with Gasteiger partial charge in [-0.05, 0) is 26.0 Å². The number of ether oxygens (including phenoxy) is 1. The van der Waals surface area contributed by atoms with E-state index in [0.29, 0.717) is 30.9 Å². The van der Waals surface area contributed by atoms with Gasteiger partial charge in [-0.25, -0.2) is 4.79 Å². The monoisotopic (exact) mass is 255 g/mol. The highest BCUT2D eigenvalue weighted by Crippen LogP contribution is 2.14. The highest BCUT2D eigenvalue weighted by molar-refractivity contribution is 5.90. The van der Waals surface area contributed by atoms with Gasteiger partial charge in [-0.3, -0.25) is 4.90 Å². The van der Waals surface area contributed by atoms with E-state index in [-0.39, 0.29) is 12.6 Å². The third-order valence-electron chi connectivity index (χ3n) is 2.69. The summed E-state index contributed by atoms with van der Waals surface area (Å²) in [5.41, 5.74) is 0.485. The maximum atomic E-state index is 11.7. The van der Waals surface area contributed by atoms with Crippen molar-refractivity contribution in [1.29, 1.82) is 0 Å². The lowest BCUT2D eigenvalue weighted by atomic mass is 10.2. The Morgan fingerprint density at radius 3 is 2.89 bits per heavy atom. The number of nitrogens with zero attached hydrogens (tertiary/aromatic N) is 1. The molecule has 1 N–H and O–H groups in total. The summed E-state index contributed by atoms with van der Waals surface area (Å²) in [6.45, 7) is 6.49. The molecule has 0 bridgehead atoms. The van der Waals surface area contributed by atoms with Gasteiger partial charge in [-0.1, -0.05) is 6.92 Å². The Kier molecular flexibility index (Phi) is 6.46. The molecule has 0 aliphatic heterocycles. The minimum atomic E-state index is -0.348. The van der Waals surface area contributed by atoms with Gasteiger partial charge in [0, 0.05) is 13.2 Å². The Labute approximate surface area is 107 Å². The van der Waals surface area contributed by atoms with Crippen LogP contribution in [0, 0.1) is 0 Å². The van der Waals surface area contributed by atoms with Gasteiger partial charge in [0.15, 0.2) is 0 Å². The minimum Gasteiger partial charge on any atom is -0.467 e. The first-order chi connectivity index (χ1) is 8.72. The molecule has 5 nitrogen and oxygen atoms in total. The van der Waals surface area contributed by atoms with Gasteiger partial charge in [0.1, 0.15) is 11.3 Å². The number of carbonyl (C=O) groups excluding carboxylic acids is 1. The Morgan fingerprint density at radius 1 is 1.50 bits per heavy atom. The number of esters is 1. The molecule has 18 heavy (non-hydrogen) atoms. The molecule has 1 aromatic rings. The van der Waals surface area contributed by atoms with Gasteiger partial charge in [0.25, 0.3) is 0 Å². The van der Waals surface area contributed by atoms with E-state index in [4.69, 9.17) is 14.3 Å². The van der Waals surface area contributed by atoms with Gasteiger partial charge in [-0.15, -0.1) is 0 Å². The maximum Gasteiger partial charge on any atom is 0.341 e. The fraction of sp³-hybridized carbons (Fsp3) is 0.615. The molecule has 0 aliphatic carbocycles. The summed E-state index contributed by atoms with van der Waals surface area (Å²) in [5, 5.41) is 8.83. The molecule has 1 rings (SSSR count). The number of rotatable bonds is 8. The molecule has 0 spiro atoms. The number of hydrogen-bond donors (Lipinski definition) is 1. The number of hydrogen-bond acceptors (Lipinski definition) is 5. The second-order valence-corrected chi connectivity index (χ2v) is 3.92.